The molecule has 0 atom stereocenters. The molecule has 0 unspecified atom stereocenters. The van der Waals surface area contributed by atoms with Crippen molar-refractivity contribution in [2.45, 2.75) is 18.7 Å². The third-order valence-corrected chi connectivity index (χ3v) is 6.44. The maximum atomic E-state index is 12.6. The Balaban J connectivity index is 1.66. The Hall–Kier alpha value is -2.95. The molecule has 32 heavy (non-hydrogen) atoms. The maximum absolute atomic E-state index is 12.6. The van der Waals surface area contributed by atoms with Crippen molar-refractivity contribution in [3.05, 3.63) is 53.1 Å². The average Bonchev–Trinajstić information content (AvgIpc) is 2.75. The number of aryl methyl sites for hydroxylation is 2. The quantitative estimate of drug-likeness (QED) is 0.627. The predicted molar refractivity (Wildman–Crippen MR) is 122 cm³/mol. The number of carbonyl (C=O) groups is 2. The zero-order chi connectivity index (χ0) is 23.5. The lowest BCUT2D eigenvalue weighted by Crippen LogP contribution is -2.49. The number of primary sulfonamides is 1. The molecule has 1 aliphatic heterocycles. The fourth-order valence-corrected chi connectivity index (χ4v) is 4.32. The summed E-state index contributed by atoms with van der Waals surface area (Å²) in [6.07, 6.45) is 0. The summed E-state index contributed by atoms with van der Waals surface area (Å²) in [7, 11) is -2.71. The van der Waals surface area contributed by atoms with Gasteiger partial charge in [-0.3, -0.25) is 9.69 Å². The van der Waals surface area contributed by atoms with Crippen molar-refractivity contribution < 1.29 is 22.7 Å². The van der Waals surface area contributed by atoms with Crippen molar-refractivity contribution >= 4 is 33.3 Å². The van der Waals surface area contributed by atoms with E-state index < -0.39 is 16.0 Å². The summed E-state index contributed by atoms with van der Waals surface area (Å²) in [4.78, 5) is 28.7. The van der Waals surface area contributed by atoms with Crippen molar-refractivity contribution in [2.75, 3.05) is 50.1 Å². The number of amides is 1. The third-order valence-electron chi connectivity index (χ3n) is 5.53. The highest BCUT2D eigenvalue weighted by Gasteiger charge is 2.25. The first-order valence-electron chi connectivity index (χ1n) is 10.2. The molecule has 1 heterocycles. The number of sulfonamides is 1. The van der Waals surface area contributed by atoms with Crippen molar-refractivity contribution in [3.63, 3.8) is 0 Å². The van der Waals surface area contributed by atoms with Crippen LogP contribution in [0.3, 0.4) is 0 Å². The molecule has 3 N–H and O–H groups in total. The van der Waals surface area contributed by atoms with E-state index in [2.05, 4.69) is 5.32 Å². The van der Waals surface area contributed by atoms with Gasteiger partial charge in [0.2, 0.25) is 15.9 Å². The Bertz CT molecular complexity index is 1100. The summed E-state index contributed by atoms with van der Waals surface area (Å²) in [6, 6.07) is 10.1. The lowest BCUT2D eigenvalue weighted by atomic mass is 10.1. The van der Waals surface area contributed by atoms with Gasteiger partial charge in [0.25, 0.3) is 0 Å². The van der Waals surface area contributed by atoms with Gasteiger partial charge in [-0.2, -0.15) is 0 Å². The number of piperazine rings is 1. The van der Waals surface area contributed by atoms with Crippen molar-refractivity contribution in [2.24, 2.45) is 5.14 Å². The van der Waals surface area contributed by atoms with Crippen LogP contribution in [0.5, 0.6) is 0 Å². The number of nitrogens with one attached hydrogen (secondary N) is 1. The number of carbonyl (C=O) groups excluding carboxylic acids is 2. The molecular formula is C22H28N4O5S. The number of anilines is 2. The van der Waals surface area contributed by atoms with Crippen LogP contribution in [0.25, 0.3) is 0 Å². The summed E-state index contributed by atoms with van der Waals surface area (Å²) in [6.45, 7) is 6.53. The summed E-state index contributed by atoms with van der Waals surface area (Å²) < 4.78 is 28.2. The lowest BCUT2D eigenvalue weighted by molar-refractivity contribution is -0.117. The standard InChI is InChI=1S/C22H28N4O5S/c1-15-5-4-6-16(2)21(15)24-20(27)14-25-9-11-26(12-10-25)19-8-7-17(32(23,29)30)13-18(19)22(28)31-3/h4-8,13H,9-12,14H2,1-3H3,(H,24,27)(H2,23,29,30). The SMILES string of the molecule is COC(=O)c1cc(S(N)(=O)=O)ccc1N1CCN(CC(=O)Nc2c(C)cccc2C)CC1. The van der Waals surface area contributed by atoms with E-state index in [-0.39, 0.29) is 22.9 Å². The second-order valence-corrected chi connectivity index (χ2v) is 9.36. The van der Waals surface area contributed by atoms with Gasteiger partial charge in [0.1, 0.15) is 0 Å². The van der Waals surface area contributed by atoms with E-state index in [1.165, 1.54) is 19.2 Å². The smallest absolute Gasteiger partial charge is 0.340 e. The van der Waals surface area contributed by atoms with Crippen LogP contribution in [0, 0.1) is 13.8 Å². The van der Waals surface area contributed by atoms with Crippen molar-refractivity contribution in [3.8, 4) is 0 Å². The van der Waals surface area contributed by atoms with E-state index in [1.807, 2.05) is 41.8 Å². The van der Waals surface area contributed by atoms with Crippen LogP contribution in [0.4, 0.5) is 11.4 Å². The van der Waals surface area contributed by atoms with Gasteiger partial charge in [0.15, 0.2) is 0 Å². The van der Waals surface area contributed by atoms with Crippen LogP contribution < -0.4 is 15.4 Å². The van der Waals surface area contributed by atoms with Gasteiger partial charge in [-0.05, 0) is 43.2 Å². The molecule has 1 saturated heterocycles. The van der Waals surface area contributed by atoms with Crippen LogP contribution >= 0.6 is 0 Å². The van der Waals surface area contributed by atoms with Crippen LogP contribution in [0.15, 0.2) is 41.3 Å². The molecule has 0 bridgehead atoms. The predicted octanol–water partition coefficient (Wildman–Crippen LogP) is 1.50. The van der Waals surface area contributed by atoms with Gasteiger partial charge in [-0.1, -0.05) is 18.2 Å². The van der Waals surface area contributed by atoms with Crippen LogP contribution in [-0.2, 0) is 19.6 Å². The molecule has 0 saturated carbocycles. The van der Waals surface area contributed by atoms with Gasteiger partial charge < -0.3 is 15.0 Å². The number of hydrogen-bond donors (Lipinski definition) is 2. The van der Waals surface area contributed by atoms with Crippen LogP contribution in [-0.4, -0.2) is 65.0 Å². The third kappa shape index (κ3) is 5.45. The molecule has 0 aromatic heterocycles. The molecular weight excluding hydrogens is 432 g/mol. The highest BCUT2D eigenvalue weighted by molar-refractivity contribution is 7.89. The normalized spacial score (nSPS) is 14.8. The van der Waals surface area contributed by atoms with Crippen molar-refractivity contribution in [1.82, 2.24) is 4.90 Å². The van der Waals surface area contributed by atoms with Gasteiger partial charge in [0.05, 0.1) is 29.8 Å². The molecule has 2 aromatic carbocycles. The first-order valence-corrected chi connectivity index (χ1v) is 11.7. The minimum atomic E-state index is -3.95. The highest BCUT2D eigenvalue weighted by atomic mass is 32.2. The molecule has 1 fully saturated rings. The largest absolute Gasteiger partial charge is 0.465 e. The molecule has 0 aliphatic carbocycles. The monoisotopic (exact) mass is 460 g/mol. The van der Waals surface area contributed by atoms with E-state index in [9.17, 15) is 18.0 Å². The molecule has 9 nitrogen and oxygen atoms in total. The lowest BCUT2D eigenvalue weighted by Gasteiger charge is -2.36. The Kier molecular flexibility index (Phi) is 7.17. The Morgan fingerprint density at radius 1 is 1.06 bits per heavy atom. The maximum Gasteiger partial charge on any atom is 0.340 e. The molecule has 3 rings (SSSR count). The topological polar surface area (TPSA) is 122 Å². The van der Waals surface area contributed by atoms with Gasteiger partial charge in [-0.25, -0.2) is 18.4 Å². The van der Waals surface area contributed by atoms with Gasteiger partial charge >= 0.3 is 5.97 Å². The number of methoxy groups -OCH3 is 1. The Morgan fingerprint density at radius 2 is 1.69 bits per heavy atom. The molecule has 10 heteroatoms. The number of rotatable bonds is 6. The van der Waals surface area contributed by atoms with Gasteiger partial charge in [0, 0.05) is 31.9 Å². The molecule has 2 aromatic rings. The highest BCUT2D eigenvalue weighted by Crippen LogP contribution is 2.26. The van der Waals surface area contributed by atoms with E-state index in [0.717, 1.165) is 16.8 Å². The summed E-state index contributed by atoms with van der Waals surface area (Å²) in [5.41, 5.74) is 3.58. The van der Waals surface area contributed by atoms with E-state index >= 15 is 0 Å². The van der Waals surface area contributed by atoms with E-state index in [0.29, 0.717) is 31.9 Å². The minimum absolute atomic E-state index is 0.0800. The fraction of sp³-hybridized carbons (Fsp3) is 0.364. The average molecular weight is 461 g/mol. The summed E-state index contributed by atoms with van der Waals surface area (Å²) >= 11 is 0. The molecule has 1 aliphatic rings. The van der Waals surface area contributed by atoms with E-state index in [1.54, 1.807) is 6.07 Å². The second-order valence-electron chi connectivity index (χ2n) is 7.79. The first kappa shape index (κ1) is 23.7. The first-order chi connectivity index (χ1) is 15.1. The number of ether oxygens (including phenoxy) is 1. The number of benzene rings is 2. The summed E-state index contributed by atoms with van der Waals surface area (Å²) in [5, 5.41) is 8.19. The molecule has 172 valence electrons. The van der Waals surface area contributed by atoms with Crippen LogP contribution in [0.1, 0.15) is 21.5 Å². The summed E-state index contributed by atoms with van der Waals surface area (Å²) in [5.74, 6) is -0.718. The van der Waals surface area contributed by atoms with Gasteiger partial charge in [-0.15, -0.1) is 0 Å². The number of para-hydroxylation sites is 1. The zero-order valence-corrected chi connectivity index (χ0v) is 19.2. The number of nitrogens with zero attached hydrogens (tertiary/aromatic N) is 2. The Morgan fingerprint density at radius 3 is 2.25 bits per heavy atom. The fourth-order valence-electron chi connectivity index (χ4n) is 3.78. The second kappa shape index (κ2) is 9.68. The molecule has 1 amide bonds. The van der Waals surface area contributed by atoms with Crippen LogP contribution in [0.2, 0.25) is 0 Å². The minimum Gasteiger partial charge on any atom is -0.465 e. The van der Waals surface area contributed by atoms with E-state index in [4.69, 9.17) is 9.88 Å². The number of nitrogens with two attached hydrogens (primary N) is 1. The Labute approximate surface area is 188 Å². The molecule has 0 radical (unpaired) electrons. The van der Waals surface area contributed by atoms with Crippen molar-refractivity contribution in [1.29, 1.82) is 0 Å². The zero-order valence-electron chi connectivity index (χ0n) is 18.4. The number of hydrogen-bond acceptors (Lipinski definition) is 7. The number of esters is 1. The molecule has 0 spiro atoms.